The molecule has 1 aromatic heterocycles. The molecule has 1 rings (SSSR count). The Bertz CT molecular complexity index is 661. The Kier molecular flexibility index (Phi) is 4.99. The molecule has 15 heteroatoms. The smallest absolute Gasteiger partial charge is 0.261 e. The SMILES string of the molecule is Fc1cncc(C(F)(F)C(F)(F)C(F)(F)C(F)(F)C(F)(F)C(F)(F)F)c1. The van der Waals surface area contributed by atoms with Gasteiger partial charge >= 0.3 is 35.8 Å². The topological polar surface area (TPSA) is 12.9 Å². The third-order valence-electron chi connectivity index (χ3n) is 3.00. The Morgan fingerprint density at radius 2 is 1.00 bits per heavy atom. The van der Waals surface area contributed by atoms with Crippen LogP contribution in [-0.4, -0.2) is 34.9 Å². The minimum absolute atomic E-state index is 0.0995. The fraction of sp³-hybridized carbons (Fsp3) is 0.545. The van der Waals surface area contributed by atoms with Crippen molar-refractivity contribution in [3.05, 3.63) is 29.8 Å². The summed E-state index contributed by atoms with van der Waals surface area (Å²) in [6, 6.07) is -0.572. The van der Waals surface area contributed by atoms with Gasteiger partial charge in [0.15, 0.2) is 0 Å². The third kappa shape index (κ3) is 2.84. The monoisotopic (exact) mass is 415 g/mol. The van der Waals surface area contributed by atoms with Crippen molar-refractivity contribution in [2.24, 2.45) is 0 Å². The summed E-state index contributed by atoms with van der Waals surface area (Å²) in [6.45, 7) is 0. The first-order valence-corrected chi connectivity index (χ1v) is 5.82. The maximum atomic E-state index is 13.5. The molecule has 1 nitrogen and oxygen atoms in total. The van der Waals surface area contributed by atoms with Crippen molar-refractivity contribution >= 4 is 0 Å². The lowest BCUT2D eigenvalue weighted by Gasteiger charge is -2.39. The minimum Gasteiger partial charge on any atom is -0.261 e. The Morgan fingerprint density at radius 1 is 0.577 bits per heavy atom. The molecule has 0 spiro atoms. The molecule has 0 saturated heterocycles. The van der Waals surface area contributed by atoms with E-state index in [0.29, 0.717) is 0 Å². The van der Waals surface area contributed by atoms with Crippen molar-refractivity contribution in [3.8, 4) is 0 Å². The standard InChI is InChI=1S/C11H3F14N/c12-5-1-4(2-26-3-5)6(13,14)7(15,16)8(17,18)9(19,20)10(21,22)11(23,24)25/h1-3H. The number of halogens is 14. The number of hydrogen-bond donors (Lipinski definition) is 0. The average Bonchev–Trinajstić information content (AvgIpc) is 2.45. The van der Waals surface area contributed by atoms with Crippen LogP contribution in [0.2, 0.25) is 0 Å². The summed E-state index contributed by atoms with van der Waals surface area (Å²) in [4.78, 5) is 2.55. The van der Waals surface area contributed by atoms with Crippen LogP contribution in [0.1, 0.15) is 5.56 Å². The van der Waals surface area contributed by atoms with Crippen LogP contribution in [0, 0.1) is 5.82 Å². The quantitative estimate of drug-likeness (QED) is 0.586. The Hall–Kier alpha value is -1.83. The van der Waals surface area contributed by atoms with Gasteiger partial charge in [-0.2, -0.15) is 57.1 Å². The lowest BCUT2D eigenvalue weighted by molar-refractivity contribution is -0.441. The van der Waals surface area contributed by atoms with Crippen molar-refractivity contribution in [2.75, 3.05) is 0 Å². The van der Waals surface area contributed by atoms with Gasteiger partial charge in [-0.3, -0.25) is 4.98 Å². The van der Waals surface area contributed by atoms with Gasteiger partial charge in [0.25, 0.3) is 0 Å². The molecule has 0 amide bonds. The van der Waals surface area contributed by atoms with Gasteiger partial charge in [0, 0.05) is 11.8 Å². The number of rotatable bonds is 5. The zero-order chi connectivity index (χ0) is 21.0. The van der Waals surface area contributed by atoms with Crippen LogP contribution in [0.25, 0.3) is 0 Å². The summed E-state index contributed by atoms with van der Waals surface area (Å²) in [7, 11) is 0. The fourth-order valence-electron chi connectivity index (χ4n) is 1.53. The fourth-order valence-corrected chi connectivity index (χ4v) is 1.53. The molecule has 150 valence electrons. The van der Waals surface area contributed by atoms with E-state index in [1.807, 2.05) is 0 Å². The van der Waals surface area contributed by atoms with Crippen LogP contribution in [0.5, 0.6) is 0 Å². The molecule has 1 heterocycles. The molecule has 0 aromatic carbocycles. The molecule has 0 bridgehead atoms. The molecular formula is C11H3F14N. The van der Waals surface area contributed by atoms with Gasteiger partial charge in [0.1, 0.15) is 5.82 Å². The van der Waals surface area contributed by atoms with E-state index in [2.05, 4.69) is 4.98 Å². The van der Waals surface area contributed by atoms with E-state index in [9.17, 15) is 61.5 Å². The van der Waals surface area contributed by atoms with Crippen LogP contribution < -0.4 is 0 Å². The maximum absolute atomic E-state index is 13.5. The Labute approximate surface area is 133 Å². The zero-order valence-corrected chi connectivity index (χ0v) is 11.5. The molecule has 0 saturated carbocycles. The summed E-state index contributed by atoms with van der Waals surface area (Å²) in [5.41, 5.74) is -2.46. The number of pyridine rings is 1. The van der Waals surface area contributed by atoms with E-state index >= 15 is 0 Å². The predicted octanol–water partition coefficient (Wildman–Crippen LogP) is 5.42. The lowest BCUT2D eigenvalue weighted by Crippen LogP contribution is -2.69. The Morgan fingerprint density at radius 3 is 1.38 bits per heavy atom. The van der Waals surface area contributed by atoms with Gasteiger partial charge in [0.2, 0.25) is 0 Å². The second-order valence-corrected chi connectivity index (χ2v) is 4.76. The molecule has 0 aliphatic carbocycles. The van der Waals surface area contributed by atoms with Crippen molar-refractivity contribution < 1.29 is 61.5 Å². The van der Waals surface area contributed by atoms with E-state index in [0.717, 1.165) is 0 Å². The predicted molar refractivity (Wildman–Crippen MR) is 53.9 cm³/mol. The third-order valence-corrected chi connectivity index (χ3v) is 3.00. The van der Waals surface area contributed by atoms with Crippen LogP contribution in [0.4, 0.5) is 61.5 Å². The second-order valence-electron chi connectivity index (χ2n) is 4.76. The van der Waals surface area contributed by atoms with Crippen LogP contribution in [-0.2, 0) is 5.92 Å². The highest BCUT2D eigenvalue weighted by Gasteiger charge is 2.90. The molecular weight excluding hydrogens is 412 g/mol. The van der Waals surface area contributed by atoms with E-state index in [1.54, 1.807) is 0 Å². The summed E-state index contributed by atoms with van der Waals surface area (Å²) in [5, 5.41) is 0. The first kappa shape index (κ1) is 22.2. The van der Waals surface area contributed by atoms with Crippen molar-refractivity contribution in [3.63, 3.8) is 0 Å². The highest BCUT2D eigenvalue weighted by molar-refractivity contribution is 5.23. The number of alkyl halides is 13. The lowest BCUT2D eigenvalue weighted by atomic mass is 9.91. The van der Waals surface area contributed by atoms with Gasteiger partial charge < -0.3 is 0 Å². The molecule has 1 aromatic rings. The molecule has 0 N–H and O–H groups in total. The zero-order valence-electron chi connectivity index (χ0n) is 11.5. The van der Waals surface area contributed by atoms with Gasteiger partial charge in [-0.25, -0.2) is 4.39 Å². The second kappa shape index (κ2) is 5.84. The number of hydrogen-bond acceptors (Lipinski definition) is 1. The van der Waals surface area contributed by atoms with Gasteiger partial charge in [-0.05, 0) is 6.07 Å². The summed E-state index contributed by atoms with van der Waals surface area (Å²) in [6.07, 6.45) is -7.78. The number of aromatic nitrogens is 1. The maximum Gasteiger partial charge on any atom is 0.460 e. The van der Waals surface area contributed by atoms with E-state index in [1.165, 1.54) is 0 Å². The van der Waals surface area contributed by atoms with E-state index in [4.69, 9.17) is 0 Å². The highest BCUT2D eigenvalue weighted by atomic mass is 19.4. The van der Waals surface area contributed by atoms with Crippen molar-refractivity contribution in [1.82, 2.24) is 4.98 Å². The van der Waals surface area contributed by atoms with Crippen LogP contribution in [0.3, 0.4) is 0 Å². The summed E-state index contributed by atoms with van der Waals surface area (Å²) >= 11 is 0. The molecule has 0 unspecified atom stereocenters. The molecule has 0 radical (unpaired) electrons. The first-order valence-electron chi connectivity index (χ1n) is 5.82. The first-order chi connectivity index (χ1) is 11.2. The summed E-state index contributed by atoms with van der Waals surface area (Å²) in [5.74, 6) is -39.6. The normalized spacial score (nSPS) is 15.3. The average molecular weight is 415 g/mol. The van der Waals surface area contributed by atoms with Gasteiger partial charge in [-0.15, -0.1) is 0 Å². The van der Waals surface area contributed by atoms with Crippen molar-refractivity contribution in [2.45, 2.75) is 35.8 Å². The highest BCUT2D eigenvalue weighted by Crippen LogP contribution is 2.61. The summed E-state index contributed by atoms with van der Waals surface area (Å²) < 4.78 is 180. The van der Waals surface area contributed by atoms with Crippen molar-refractivity contribution in [1.29, 1.82) is 0 Å². The minimum atomic E-state index is -7.99. The van der Waals surface area contributed by atoms with E-state index < -0.39 is 59.4 Å². The molecule has 0 atom stereocenters. The van der Waals surface area contributed by atoms with Gasteiger partial charge in [0.05, 0.1) is 6.20 Å². The Balaban J connectivity index is 3.58. The molecule has 0 fully saturated rings. The van der Waals surface area contributed by atoms with Gasteiger partial charge in [-0.1, -0.05) is 0 Å². The molecule has 26 heavy (non-hydrogen) atoms. The number of nitrogens with zero attached hydrogens (tertiary/aromatic N) is 1. The molecule has 0 aliphatic rings. The largest absolute Gasteiger partial charge is 0.460 e. The van der Waals surface area contributed by atoms with Crippen LogP contribution >= 0.6 is 0 Å². The van der Waals surface area contributed by atoms with E-state index in [-0.39, 0.29) is 6.20 Å². The van der Waals surface area contributed by atoms with Crippen LogP contribution in [0.15, 0.2) is 18.5 Å². The molecule has 0 aliphatic heterocycles.